The maximum atomic E-state index is 11.9. The topological polar surface area (TPSA) is 43.4 Å². The molecule has 5 heteroatoms. The van der Waals surface area contributed by atoms with Gasteiger partial charge in [-0.15, -0.1) is 0 Å². The highest BCUT2D eigenvalue weighted by Gasteiger charge is 2.15. The average molecular weight is 289 g/mol. The molecule has 1 aromatic rings. The maximum Gasteiger partial charge on any atom is 0.305 e. The molecule has 0 unspecified atom stereocenters. The molecular formula is C13H14Cl2O3. The van der Waals surface area contributed by atoms with Crippen molar-refractivity contribution in [2.24, 2.45) is 5.92 Å². The first-order valence-corrected chi connectivity index (χ1v) is 6.24. The van der Waals surface area contributed by atoms with Crippen molar-refractivity contribution in [3.63, 3.8) is 0 Å². The lowest BCUT2D eigenvalue weighted by Gasteiger charge is -2.09. The van der Waals surface area contributed by atoms with Crippen LogP contribution in [0.4, 0.5) is 0 Å². The van der Waals surface area contributed by atoms with Gasteiger partial charge in [0.25, 0.3) is 0 Å². The van der Waals surface area contributed by atoms with Gasteiger partial charge in [0.05, 0.1) is 17.2 Å². The Morgan fingerprint density at radius 2 is 1.89 bits per heavy atom. The minimum atomic E-state index is -0.315. The maximum absolute atomic E-state index is 11.9. The third-order valence-electron chi connectivity index (χ3n) is 2.52. The van der Waals surface area contributed by atoms with Crippen LogP contribution in [0.15, 0.2) is 18.2 Å². The Morgan fingerprint density at radius 3 is 2.44 bits per heavy atom. The van der Waals surface area contributed by atoms with E-state index in [4.69, 9.17) is 23.2 Å². The zero-order valence-corrected chi connectivity index (χ0v) is 11.7. The molecule has 0 aromatic heterocycles. The van der Waals surface area contributed by atoms with Crippen molar-refractivity contribution in [1.29, 1.82) is 0 Å². The molecule has 0 saturated carbocycles. The van der Waals surface area contributed by atoms with E-state index in [9.17, 15) is 9.59 Å². The number of ether oxygens (including phenoxy) is 1. The summed E-state index contributed by atoms with van der Waals surface area (Å²) >= 11 is 11.6. The molecule has 1 aromatic carbocycles. The van der Waals surface area contributed by atoms with Crippen molar-refractivity contribution in [3.8, 4) is 0 Å². The number of benzene rings is 1. The smallest absolute Gasteiger partial charge is 0.305 e. The van der Waals surface area contributed by atoms with Crippen molar-refractivity contribution in [2.45, 2.75) is 19.8 Å². The van der Waals surface area contributed by atoms with Gasteiger partial charge in [-0.3, -0.25) is 9.59 Å². The molecule has 0 spiro atoms. The van der Waals surface area contributed by atoms with E-state index in [1.807, 2.05) is 6.92 Å². The summed E-state index contributed by atoms with van der Waals surface area (Å²) in [5.74, 6) is -0.450. The van der Waals surface area contributed by atoms with Crippen LogP contribution in [0.5, 0.6) is 0 Å². The molecule has 0 heterocycles. The number of carbonyl (C=O) groups is 2. The first kappa shape index (κ1) is 15.0. The van der Waals surface area contributed by atoms with Crippen LogP contribution in [0.2, 0.25) is 10.0 Å². The van der Waals surface area contributed by atoms with E-state index in [0.717, 1.165) is 0 Å². The van der Waals surface area contributed by atoms with E-state index in [0.29, 0.717) is 15.6 Å². The van der Waals surface area contributed by atoms with Crippen molar-refractivity contribution >= 4 is 35.0 Å². The standard InChI is InChI=1S/C13H14Cl2O3/c1-8(6-13(17)18-2)5-12(16)9-3-4-10(14)11(15)7-9/h3-4,7-8H,5-6H2,1-2H3/t8-/m1/s1. The summed E-state index contributed by atoms with van der Waals surface area (Å²) in [4.78, 5) is 23.0. The Hall–Kier alpha value is -1.06. The van der Waals surface area contributed by atoms with Crippen LogP contribution < -0.4 is 0 Å². The van der Waals surface area contributed by atoms with Gasteiger partial charge in [0.15, 0.2) is 5.78 Å². The normalized spacial score (nSPS) is 12.0. The van der Waals surface area contributed by atoms with Gasteiger partial charge in [-0.25, -0.2) is 0 Å². The molecule has 0 aliphatic heterocycles. The van der Waals surface area contributed by atoms with Gasteiger partial charge in [-0.1, -0.05) is 30.1 Å². The minimum absolute atomic E-state index is 0.0648. The number of methoxy groups -OCH3 is 1. The Morgan fingerprint density at radius 1 is 1.22 bits per heavy atom. The quantitative estimate of drug-likeness (QED) is 0.612. The van der Waals surface area contributed by atoms with Gasteiger partial charge in [-0.2, -0.15) is 0 Å². The molecule has 1 rings (SSSR count). The number of halogens is 2. The molecule has 0 N–H and O–H groups in total. The third kappa shape index (κ3) is 4.31. The SMILES string of the molecule is COC(=O)C[C@H](C)CC(=O)c1ccc(Cl)c(Cl)c1. The number of hydrogen-bond donors (Lipinski definition) is 0. The molecule has 18 heavy (non-hydrogen) atoms. The summed E-state index contributed by atoms with van der Waals surface area (Å²) in [6.45, 7) is 1.83. The van der Waals surface area contributed by atoms with Crippen molar-refractivity contribution in [2.75, 3.05) is 7.11 Å². The highest BCUT2D eigenvalue weighted by Crippen LogP contribution is 2.24. The summed E-state index contributed by atoms with van der Waals surface area (Å²) in [5.41, 5.74) is 0.501. The summed E-state index contributed by atoms with van der Waals surface area (Å²) in [6.07, 6.45) is 0.497. The number of esters is 1. The largest absolute Gasteiger partial charge is 0.469 e. The summed E-state index contributed by atoms with van der Waals surface area (Å²) in [5, 5.41) is 0.763. The molecule has 0 saturated heterocycles. The first-order valence-electron chi connectivity index (χ1n) is 5.49. The van der Waals surface area contributed by atoms with Gasteiger partial charge < -0.3 is 4.74 Å². The molecule has 98 valence electrons. The second kappa shape index (κ2) is 6.76. The number of Topliss-reactive ketones (excluding diaryl/α,β-unsaturated/α-hetero) is 1. The molecule has 0 amide bonds. The fourth-order valence-electron chi connectivity index (χ4n) is 1.54. The van der Waals surface area contributed by atoms with E-state index in [2.05, 4.69) is 4.74 Å². The summed E-state index contributed by atoms with van der Waals surface area (Å²) in [6, 6.07) is 4.75. The predicted molar refractivity (Wildman–Crippen MR) is 71.2 cm³/mol. The summed E-state index contributed by atoms with van der Waals surface area (Å²) < 4.78 is 4.55. The Kier molecular flexibility index (Phi) is 5.63. The van der Waals surface area contributed by atoms with E-state index >= 15 is 0 Å². The van der Waals surface area contributed by atoms with Gasteiger partial charge in [0.1, 0.15) is 0 Å². The zero-order chi connectivity index (χ0) is 13.7. The molecule has 0 radical (unpaired) electrons. The van der Waals surface area contributed by atoms with Crippen LogP contribution in [-0.2, 0) is 9.53 Å². The Balaban J connectivity index is 2.64. The number of ketones is 1. The molecule has 1 atom stereocenters. The van der Waals surface area contributed by atoms with Crippen LogP contribution in [-0.4, -0.2) is 18.9 Å². The van der Waals surface area contributed by atoms with Crippen LogP contribution >= 0.6 is 23.2 Å². The molecule has 3 nitrogen and oxygen atoms in total. The third-order valence-corrected chi connectivity index (χ3v) is 3.26. The lowest BCUT2D eigenvalue weighted by molar-refractivity contribution is -0.141. The van der Waals surface area contributed by atoms with Crippen LogP contribution in [0, 0.1) is 5.92 Å². The van der Waals surface area contributed by atoms with Gasteiger partial charge in [-0.05, 0) is 24.1 Å². The summed E-state index contributed by atoms with van der Waals surface area (Å²) in [7, 11) is 1.33. The Labute approximate surface area is 116 Å². The van der Waals surface area contributed by atoms with E-state index in [1.165, 1.54) is 13.2 Å². The fraction of sp³-hybridized carbons (Fsp3) is 0.385. The molecular weight excluding hydrogens is 275 g/mol. The van der Waals surface area contributed by atoms with Gasteiger partial charge in [0, 0.05) is 18.4 Å². The van der Waals surface area contributed by atoms with Crippen molar-refractivity contribution in [1.82, 2.24) is 0 Å². The van der Waals surface area contributed by atoms with Gasteiger partial charge in [0.2, 0.25) is 0 Å². The molecule has 0 fully saturated rings. The van der Waals surface area contributed by atoms with Crippen molar-refractivity contribution < 1.29 is 14.3 Å². The minimum Gasteiger partial charge on any atom is -0.469 e. The van der Waals surface area contributed by atoms with E-state index in [1.54, 1.807) is 12.1 Å². The lowest BCUT2D eigenvalue weighted by atomic mass is 9.97. The molecule has 0 bridgehead atoms. The lowest BCUT2D eigenvalue weighted by Crippen LogP contribution is -2.11. The molecule has 0 aliphatic carbocycles. The van der Waals surface area contributed by atoms with Crippen LogP contribution in [0.1, 0.15) is 30.1 Å². The monoisotopic (exact) mass is 288 g/mol. The van der Waals surface area contributed by atoms with E-state index in [-0.39, 0.29) is 30.5 Å². The second-order valence-corrected chi connectivity index (χ2v) is 4.96. The highest BCUT2D eigenvalue weighted by molar-refractivity contribution is 6.42. The van der Waals surface area contributed by atoms with Crippen LogP contribution in [0.3, 0.4) is 0 Å². The fourth-order valence-corrected chi connectivity index (χ4v) is 1.84. The predicted octanol–water partition coefficient (Wildman–Crippen LogP) is 3.77. The van der Waals surface area contributed by atoms with Crippen LogP contribution in [0.25, 0.3) is 0 Å². The Bertz CT molecular complexity index is 458. The number of rotatable bonds is 5. The average Bonchev–Trinajstić information content (AvgIpc) is 2.32. The number of carbonyl (C=O) groups excluding carboxylic acids is 2. The highest BCUT2D eigenvalue weighted by atomic mass is 35.5. The zero-order valence-electron chi connectivity index (χ0n) is 10.2. The van der Waals surface area contributed by atoms with Crippen molar-refractivity contribution in [3.05, 3.63) is 33.8 Å². The second-order valence-electron chi connectivity index (χ2n) is 4.14. The van der Waals surface area contributed by atoms with E-state index < -0.39 is 0 Å². The molecule has 0 aliphatic rings. The number of hydrogen-bond acceptors (Lipinski definition) is 3. The first-order chi connectivity index (χ1) is 8.43. The van der Waals surface area contributed by atoms with Gasteiger partial charge >= 0.3 is 5.97 Å².